The minimum absolute atomic E-state index is 0.211. The van der Waals surface area contributed by atoms with E-state index in [0.29, 0.717) is 0 Å². The van der Waals surface area contributed by atoms with Crippen molar-refractivity contribution in [2.75, 3.05) is 0 Å². The zero-order valence-corrected chi connectivity index (χ0v) is 7.90. The van der Waals surface area contributed by atoms with Crippen molar-refractivity contribution in [2.45, 2.75) is 0 Å². The summed E-state index contributed by atoms with van der Waals surface area (Å²) in [5.74, 6) is -0.766. The second kappa shape index (κ2) is 3.93. The molecule has 0 spiro atoms. The second-order valence-corrected chi connectivity index (χ2v) is 2.70. The Morgan fingerprint density at radius 3 is 1.88 bits per heavy atom. The lowest BCUT2D eigenvalue weighted by Crippen LogP contribution is -2.14. The number of rotatable bonds is 0. The van der Waals surface area contributed by atoms with Gasteiger partial charge in [0.15, 0.2) is 5.78 Å². The molecule has 0 atom stereocenters. The van der Waals surface area contributed by atoms with E-state index < -0.39 is 11.4 Å². The van der Waals surface area contributed by atoms with Crippen molar-refractivity contribution in [2.24, 2.45) is 0 Å². The summed E-state index contributed by atoms with van der Waals surface area (Å²) in [6.45, 7) is 17.0. The van der Waals surface area contributed by atoms with Crippen molar-refractivity contribution in [3.05, 3.63) is 57.5 Å². The third kappa shape index (κ3) is 1.26. The van der Waals surface area contributed by atoms with Gasteiger partial charge in [-0.1, -0.05) is 6.58 Å². The maximum absolute atomic E-state index is 11.5. The number of allylic oxidation sites excluding steroid dienone is 3. The summed E-state index contributed by atoms with van der Waals surface area (Å²) < 4.78 is 0. The number of nitrogens with zero attached hydrogens (tertiary/aromatic N) is 4. The molecule has 5 heteroatoms. The molecule has 72 valence electrons. The quantitative estimate of drug-likeness (QED) is 0.445. The van der Waals surface area contributed by atoms with Gasteiger partial charge in [-0.15, -0.1) is 0 Å². The van der Waals surface area contributed by atoms with Crippen molar-refractivity contribution in [1.29, 1.82) is 10.5 Å². The highest BCUT2D eigenvalue weighted by atomic mass is 16.1. The van der Waals surface area contributed by atoms with Gasteiger partial charge in [-0.25, -0.2) is 9.69 Å². The van der Waals surface area contributed by atoms with Gasteiger partial charge in [-0.3, -0.25) is 4.79 Å². The van der Waals surface area contributed by atoms with Gasteiger partial charge in [-0.05, 0) is 0 Å². The molecule has 0 aliphatic heterocycles. The van der Waals surface area contributed by atoms with Gasteiger partial charge in [0, 0.05) is 5.57 Å². The van der Waals surface area contributed by atoms with Crippen LogP contribution in [-0.2, 0) is 4.79 Å². The molecular weight excluding hydrogens is 204 g/mol. The van der Waals surface area contributed by atoms with Crippen LogP contribution in [-0.4, -0.2) is 5.78 Å². The predicted molar refractivity (Wildman–Crippen MR) is 52.6 cm³/mol. The van der Waals surface area contributed by atoms with Crippen molar-refractivity contribution in [3.63, 3.8) is 0 Å². The fraction of sp³-hybridized carbons (Fsp3) is 0. The maximum atomic E-state index is 11.5. The lowest BCUT2D eigenvalue weighted by molar-refractivity contribution is -0.111. The number of ketones is 1. The minimum atomic E-state index is -0.766. The molecule has 0 saturated carbocycles. The number of hydrogen-bond acceptors (Lipinski definition) is 3. The van der Waals surface area contributed by atoms with E-state index in [1.165, 1.54) is 0 Å². The summed E-state index contributed by atoms with van der Waals surface area (Å²) >= 11 is 0. The van der Waals surface area contributed by atoms with Crippen LogP contribution in [0.1, 0.15) is 0 Å². The molecule has 0 aromatic rings. The minimum Gasteiger partial charge on any atom is -0.289 e. The fourth-order valence-electron chi connectivity index (χ4n) is 1.19. The summed E-state index contributed by atoms with van der Waals surface area (Å²) in [6, 6.07) is 3.22. The Morgan fingerprint density at radius 2 is 1.50 bits per heavy atom. The molecule has 1 rings (SSSR count). The molecule has 0 aromatic heterocycles. The van der Waals surface area contributed by atoms with E-state index >= 15 is 0 Å². The SMILES string of the molecule is [C-]#[N+]C1=C(C#N)C(=C)C(=O)C(C#N)=C1[N+]#[C-]. The lowest BCUT2D eigenvalue weighted by atomic mass is 9.90. The van der Waals surface area contributed by atoms with E-state index in [4.69, 9.17) is 23.7 Å². The largest absolute Gasteiger partial charge is 0.289 e. The van der Waals surface area contributed by atoms with E-state index in [0.717, 1.165) is 0 Å². The molecule has 0 bridgehead atoms. The van der Waals surface area contributed by atoms with E-state index in [1.807, 2.05) is 0 Å². The molecule has 0 N–H and O–H groups in total. The van der Waals surface area contributed by atoms with Gasteiger partial charge >= 0.3 is 0 Å². The molecule has 0 unspecified atom stereocenters. The first kappa shape index (κ1) is 10.9. The molecule has 1 aliphatic carbocycles. The summed E-state index contributed by atoms with van der Waals surface area (Å²) in [6.07, 6.45) is 0. The first-order valence-corrected chi connectivity index (χ1v) is 3.90. The highest BCUT2D eigenvalue weighted by Crippen LogP contribution is 2.32. The highest BCUT2D eigenvalue weighted by molar-refractivity contribution is 6.17. The Bertz CT molecular complexity index is 577. The Morgan fingerprint density at radius 1 is 1.06 bits per heavy atom. The topological polar surface area (TPSA) is 73.4 Å². The van der Waals surface area contributed by atoms with Crippen molar-refractivity contribution < 1.29 is 4.79 Å². The highest BCUT2D eigenvalue weighted by Gasteiger charge is 2.31. The van der Waals surface area contributed by atoms with Crippen LogP contribution in [0.25, 0.3) is 9.69 Å². The fourth-order valence-corrected chi connectivity index (χ4v) is 1.19. The van der Waals surface area contributed by atoms with E-state index in [9.17, 15) is 4.79 Å². The van der Waals surface area contributed by atoms with Crippen LogP contribution in [0.4, 0.5) is 0 Å². The zero-order valence-electron chi connectivity index (χ0n) is 7.90. The van der Waals surface area contributed by atoms with E-state index in [-0.39, 0.29) is 22.5 Å². The molecule has 0 saturated heterocycles. The van der Waals surface area contributed by atoms with Crippen LogP contribution in [0, 0.1) is 35.8 Å². The molecule has 16 heavy (non-hydrogen) atoms. The van der Waals surface area contributed by atoms with Crippen LogP contribution in [0.2, 0.25) is 0 Å². The Labute approximate surface area is 91.5 Å². The van der Waals surface area contributed by atoms with Crippen LogP contribution >= 0.6 is 0 Å². The van der Waals surface area contributed by atoms with Crippen molar-refractivity contribution in [3.8, 4) is 12.1 Å². The molecule has 1 aliphatic rings. The van der Waals surface area contributed by atoms with Gasteiger partial charge < -0.3 is 0 Å². The van der Waals surface area contributed by atoms with Crippen LogP contribution in [0.15, 0.2) is 34.7 Å². The molecule has 0 radical (unpaired) electrons. The predicted octanol–water partition coefficient (Wildman–Crippen LogP) is 1.52. The van der Waals surface area contributed by atoms with Gasteiger partial charge in [0.2, 0.25) is 11.4 Å². The standard InChI is InChI=1S/C11H2N4O/c1-6-7(4-12)9(14-2)10(15-3)8(5-13)11(6)16/h1H2. The van der Waals surface area contributed by atoms with Crippen LogP contribution in [0.5, 0.6) is 0 Å². The van der Waals surface area contributed by atoms with Gasteiger partial charge in [-0.2, -0.15) is 10.5 Å². The lowest BCUT2D eigenvalue weighted by Gasteiger charge is -2.12. The van der Waals surface area contributed by atoms with Crippen molar-refractivity contribution >= 4 is 5.78 Å². The Hall–Kier alpha value is -3.15. The number of Topliss-reactive ketones (excluding diaryl/α,β-unsaturated/α-hetero) is 1. The summed E-state index contributed by atoms with van der Waals surface area (Å²) in [4.78, 5) is 17.5. The zero-order chi connectivity index (χ0) is 12.3. The third-order valence-corrected chi connectivity index (χ3v) is 1.95. The van der Waals surface area contributed by atoms with Crippen LogP contribution in [0.3, 0.4) is 0 Å². The monoisotopic (exact) mass is 206 g/mol. The smallest absolute Gasteiger partial charge is 0.217 e. The van der Waals surface area contributed by atoms with Crippen molar-refractivity contribution in [1.82, 2.24) is 0 Å². The van der Waals surface area contributed by atoms with Gasteiger partial charge in [0.25, 0.3) is 0 Å². The summed E-state index contributed by atoms with van der Waals surface area (Å²) in [7, 11) is 0. The first-order chi connectivity index (χ1) is 7.62. The number of nitriles is 2. The average Bonchev–Trinajstić information content (AvgIpc) is 2.31. The number of hydrogen-bond donors (Lipinski definition) is 0. The van der Waals surface area contributed by atoms with Gasteiger partial charge in [0.05, 0.1) is 36.4 Å². The third-order valence-electron chi connectivity index (χ3n) is 1.95. The van der Waals surface area contributed by atoms with E-state index in [1.54, 1.807) is 12.1 Å². The number of carbonyl (C=O) groups is 1. The van der Waals surface area contributed by atoms with Gasteiger partial charge in [0.1, 0.15) is 0 Å². The molecule has 0 fully saturated rings. The molecular formula is C11H2N4O. The Kier molecular flexibility index (Phi) is 2.68. The van der Waals surface area contributed by atoms with E-state index in [2.05, 4.69) is 16.3 Å². The first-order valence-electron chi connectivity index (χ1n) is 3.90. The number of carbonyl (C=O) groups excluding carboxylic acids is 1. The normalized spacial score (nSPS) is 15.0. The van der Waals surface area contributed by atoms with Crippen LogP contribution < -0.4 is 0 Å². The Balaban J connectivity index is 3.79. The maximum Gasteiger partial charge on any atom is 0.217 e. The average molecular weight is 206 g/mol. The molecule has 5 nitrogen and oxygen atoms in total. The molecule has 0 aromatic carbocycles. The summed E-state index contributed by atoms with van der Waals surface area (Å²) in [5.41, 5.74) is -1.52. The molecule has 0 amide bonds. The summed E-state index contributed by atoms with van der Waals surface area (Å²) in [5, 5.41) is 17.5. The molecule has 0 heterocycles. The second-order valence-electron chi connectivity index (χ2n) is 2.70.